The number of hydrogen-bond donors (Lipinski definition) is 3. The summed E-state index contributed by atoms with van der Waals surface area (Å²) in [6, 6.07) is 7.95. The molecular formula is C17H20F2N4O2. The number of carbonyl (C=O) groups is 1. The summed E-state index contributed by atoms with van der Waals surface area (Å²) in [5.74, 6) is 0.450. The number of urea groups is 1. The van der Waals surface area contributed by atoms with Gasteiger partial charge in [0.25, 0.3) is 12.0 Å². The van der Waals surface area contributed by atoms with E-state index in [4.69, 9.17) is 0 Å². The highest BCUT2D eigenvalue weighted by Crippen LogP contribution is 2.21. The lowest BCUT2D eigenvalue weighted by Crippen LogP contribution is -2.56. The molecule has 0 fully saturated rings. The van der Waals surface area contributed by atoms with E-state index < -0.39 is 18.0 Å². The number of hydrogen-bond acceptors (Lipinski definition) is 3. The number of halogens is 2. The van der Waals surface area contributed by atoms with Crippen LogP contribution in [0.3, 0.4) is 0 Å². The average molecular weight is 350 g/mol. The minimum absolute atomic E-state index is 0.0222. The number of amides is 2. The smallest absolute Gasteiger partial charge is 0.315 e. The van der Waals surface area contributed by atoms with Gasteiger partial charge in [-0.05, 0) is 19.4 Å². The molecule has 1 heterocycles. The van der Waals surface area contributed by atoms with E-state index in [1.54, 1.807) is 37.3 Å². The average Bonchev–Trinajstić information content (AvgIpc) is 2.54. The number of nitrogens with zero attached hydrogens (tertiary/aromatic N) is 1. The van der Waals surface area contributed by atoms with E-state index in [-0.39, 0.29) is 24.1 Å². The molecule has 0 aliphatic carbocycles. The molecule has 8 heteroatoms. The van der Waals surface area contributed by atoms with Crippen molar-refractivity contribution in [3.8, 4) is 0 Å². The molecule has 1 aromatic heterocycles. The molecule has 1 unspecified atom stereocenters. The molecule has 2 rings (SSSR count). The fourth-order valence-electron chi connectivity index (χ4n) is 2.31. The molecule has 2 amide bonds. The summed E-state index contributed by atoms with van der Waals surface area (Å²) in [6.07, 6.45) is -1.45. The van der Waals surface area contributed by atoms with Gasteiger partial charge in [0.05, 0.1) is 12.1 Å². The van der Waals surface area contributed by atoms with Gasteiger partial charge in [0.1, 0.15) is 11.4 Å². The van der Waals surface area contributed by atoms with Crippen LogP contribution < -0.4 is 16.2 Å². The lowest BCUT2D eigenvalue weighted by molar-refractivity contribution is 0.0463. The Morgan fingerprint density at radius 1 is 1.32 bits per heavy atom. The van der Waals surface area contributed by atoms with Gasteiger partial charge in [0, 0.05) is 12.6 Å². The zero-order valence-electron chi connectivity index (χ0n) is 14.0. The number of aromatic amines is 1. The minimum Gasteiger partial charge on any atom is -0.334 e. The van der Waals surface area contributed by atoms with Gasteiger partial charge in [-0.2, -0.15) is 0 Å². The van der Waals surface area contributed by atoms with Crippen LogP contribution in [0.4, 0.5) is 13.6 Å². The predicted octanol–water partition coefficient (Wildman–Crippen LogP) is 2.14. The quantitative estimate of drug-likeness (QED) is 0.746. The number of aromatic nitrogens is 2. The largest absolute Gasteiger partial charge is 0.334 e. The molecule has 0 radical (unpaired) electrons. The Morgan fingerprint density at radius 2 is 2.00 bits per heavy atom. The fourth-order valence-corrected chi connectivity index (χ4v) is 2.31. The van der Waals surface area contributed by atoms with Crippen molar-refractivity contribution >= 4 is 6.03 Å². The second-order valence-corrected chi connectivity index (χ2v) is 6.01. The Morgan fingerprint density at radius 3 is 2.60 bits per heavy atom. The Bertz CT molecular complexity index is 780. The molecule has 2 aromatic rings. The van der Waals surface area contributed by atoms with Crippen molar-refractivity contribution in [1.29, 1.82) is 0 Å². The summed E-state index contributed by atoms with van der Waals surface area (Å²) in [5, 5.41) is 4.72. The third-order valence-corrected chi connectivity index (χ3v) is 3.73. The standard InChI is InChI=1S/C17H20F2N4O2/c1-11-20-9-13(14(24)22-11)10-21-16(25)23-17(2,15(18)19)8-12-6-4-3-5-7-12/h3-7,9,15H,8,10H2,1-2H3,(H,20,22,24)(H2,21,23,25). The zero-order valence-corrected chi connectivity index (χ0v) is 14.0. The number of nitrogens with one attached hydrogen (secondary N) is 3. The maximum atomic E-state index is 13.5. The van der Waals surface area contributed by atoms with E-state index >= 15 is 0 Å². The van der Waals surface area contributed by atoms with Crippen LogP contribution in [-0.2, 0) is 13.0 Å². The fraction of sp³-hybridized carbons (Fsp3) is 0.353. The first-order valence-electron chi connectivity index (χ1n) is 7.73. The molecule has 0 saturated heterocycles. The van der Waals surface area contributed by atoms with Gasteiger partial charge in [-0.1, -0.05) is 30.3 Å². The van der Waals surface area contributed by atoms with Crippen molar-refractivity contribution in [3.05, 3.63) is 63.8 Å². The normalized spacial score (nSPS) is 13.3. The summed E-state index contributed by atoms with van der Waals surface area (Å²) in [5.41, 5.74) is -1.19. The third kappa shape index (κ3) is 5.10. The lowest BCUT2D eigenvalue weighted by atomic mass is 9.93. The predicted molar refractivity (Wildman–Crippen MR) is 89.5 cm³/mol. The summed E-state index contributed by atoms with van der Waals surface area (Å²) in [6.45, 7) is 2.80. The SMILES string of the molecule is Cc1ncc(CNC(=O)NC(C)(Cc2ccccc2)C(F)F)c(=O)[nH]1. The third-order valence-electron chi connectivity index (χ3n) is 3.73. The molecule has 1 aromatic carbocycles. The van der Waals surface area contributed by atoms with Gasteiger partial charge in [-0.3, -0.25) is 4.79 Å². The van der Waals surface area contributed by atoms with Crippen molar-refractivity contribution in [1.82, 2.24) is 20.6 Å². The van der Waals surface area contributed by atoms with E-state index in [1.165, 1.54) is 13.1 Å². The first-order valence-corrected chi connectivity index (χ1v) is 7.73. The Kier molecular flexibility index (Phi) is 5.84. The van der Waals surface area contributed by atoms with Gasteiger partial charge >= 0.3 is 6.03 Å². The van der Waals surface area contributed by atoms with Crippen molar-refractivity contribution in [2.45, 2.75) is 38.8 Å². The van der Waals surface area contributed by atoms with E-state index in [2.05, 4.69) is 20.6 Å². The van der Waals surface area contributed by atoms with E-state index in [9.17, 15) is 18.4 Å². The molecule has 0 bridgehead atoms. The van der Waals surface area contributed by atoms with Gasteiger partial charge in [0.2, 0.25) is 0 Å². The molecule has 0 saturated carbocycles. The number of H-pyrrole nitrogens is 1. The van der Waals surface area contributed by atoms with Crippen LogP contribution in [0, 0.1) is 6.92 Å². The first-order chi connectivity index (χ1) is 11.8. The van der Waals surface area contributed by atoms with Gasteiger partial charge < -0.3 is 15.6 Å². The van der Waals surface area contributed by atoms with Crippen LogP contribution in [0.5, 0.6) is 0 Å². The lowest BCUT2D eigenvalue weighted by Gasteiger charge is -2.30. The van der Waals surface area contributed by atoms with Crippen molar-refractivity contribution in [2.75, 3.05) is 0 Å². The summed E-state index contributed by atoms with van der Waals surface area (Å²) in [4.78, 5) is 30.1. The van der Waals surface area contributed by atoms with Gasteiger partial charge in [0.15, 0.2) is 0 Å². The minimum atomic E-state index is -2.76. The maximum absolute atomic E-state index is 13.5. The van der Waals surface area contributed by atoms with Crippen LogP contribution in [0.25, 0.3) is 0 Å². The van der Waals surface area contributed by atoms with E-state index in [0.717, 1.165) is 0 Å². The Labute approximate surface area is 143 Å². The molecule has 0 aliphatic heterocycles. The molecule has 134 valence electrons. The van der Waals surface area contributed by atoms with Crippen LogP contribution >= 0.6 is 0 Å². The number of rotatable bonds is 6. The van der Waals surface area contributed by atoms with Crippen molar-refractivity contribution in [3.63, 3.8) is 0 Å². The zero-order chi connectivity index (χ0) is 18.4. The van der Waals surface area contributed by atoms with Crippen LogP contribution in [0.2, 0.25) is 0 Å². The highest BCUT2D eigenvalue weighted by Gasteiger charge is 2.36. The van der Waals surface area contributed by atoms with E-state index in [1.807, 2.05) is 0 Å². The van der Waals surface area contributed by atoms with Crippen LogP contribution in [0.1, 0.15) is 23.9 Å². The van der Waals surface area contributed by atoms with Gasteiger partial charge in [-0.25, -0.2) is 18.6 Å². The second-order valence-electron chi connectivity index (χ2n) is 6.01. The molecular weight excluding hydrogens is 330 g/mol. The van der Waals surface area contributed by atoms with Crippen LogP contribution in [0.15, 0.2) is 41.3 Å². The van der Waals surface area contributed by atoms with E-state index in [0.29, 0.717) is 11.4 Å². The molecule has 0 spiro atoms. The highest BCUT2D eigenvalue weighted by molar-refractivity contribution is 5.74. The summed E-state index contributed by atoms with van der Waals surface area (Å²) in [7, 11) is 0. The topological polar surface area (TPSA) is 86.9 Å². The second kappa shape index (κ2) is 7.87. The molecule has 25 heavy (non-hydrogen) atoms. The number of alkyl halides is 2. The Balaban J connectivity index is 2.01. The maximum Gasteiger partial charge on any atom is 0.315 e. The van der Waals surface area contributed by atoms with Crippen molar-refractivity contribution < 1.29 is 13.6 Å². The number of aryl methyl sites for hydroxylation is 1. The first kappa shape index (κ1) is 18.6. The molecule has 3 N–H and O–H groups in total. The molecule has 0 aliphatic rings. The summed E-state index contributed by atoms with van der Waals surface area (Å²) < 4.78 is 27.0. The number of carbonyl (C=O) groups excluding carboxylic acids is 1. The molecule has 6 nitrogen and oxygen atoms in total. The highest BCUT2D eigenvalue weighted by atomic mass is 19.3. The van der Waals surface area contributed by atoms with Crippen molar-refractivity contribution in [2.24, 2.45) is 0 Å². The van der Waals surface area contributed by atoms with Crippen LogP contribution in [-0.4, -0.2) is 28.0 Å². The summed E-state index contributed by atoms with van der Waals surface area (Å²) >= 11 is 0. The Hall–Kier alpha value is -2.77. The van der Waals surface area contributed by atoms with Gasteiger partial charge in [-0.15, -0.1) is 0 Å². The molecule has 1 atom stereocenters. The monoisotopic (exact) mass is 350 g/mol. The number of benzene rings is 1.